The van der Waals surface area contributed by atoms with Gasteiger partial charge in [-0.2, -0.15) is 5.26 Å². The lowest BCUT2D eigenvalue weighted by atomic mass is 10.1. The fourth-order valence-corrected chi connectivity index (χ4v) is 3.00. The lowest BCUT2D eigenvalue weighted by Crippen LogP contribution is -2.29. The third kappa shape index (κ3) is 1.90. The highest BCUT2D eigenvalue weighted by Crippen LogP contribution is 2.27. The van der Waals surface area contributed by atoms with Gasteiger partial charge in [0, 0.05) is 18.0 Å². The third-order valence-corrected chi connectivity index (χ3v) is 4.06. The van der Waals surface area contributed by atoms with E-state index in [4.69, 9.17) is 5.26 Å². The van der Waals surface area contributed by atoms with Crippen LogP contribution in [0.15, 0.2) is 29.8 Å². The van der Waals surface area contributed by atoms with Crippen molar-refractivity contribution < 1.29 is 0 Å². The molecule has 0 aliphatic carbocycles. The van der Waals surface area contributed by atoms with Crippen LogP contribution in [0.2, 0.25) is 0 Å². The summed E-state index contributed by atoms with van der Waals surface area (Å²) in [6, 6.07) is 7.99. The quantitative estimate of drug-likeness (QED) is 0.770. The van der Waals surface area contributed by atoms with Crippen LogP contribution in [0.3, 0.4) is 0 Å². The molecule has 3 heterocycles. The van der Waals surface area contributed by atoms with Gasteiger partial charge in [-0.1, -0.05) is 0 Å². The maximum Gasteiger partial charge on any atom is 0.140 e. The predicted molar refractivity (Wildman–Crippen MR) is 68.0 cm³/mol. The minimum Gasteiger partial charge on any atom is -0.366 e. The van der Waals surface area contributed by atoms with Crippen molar-refractivity contribution in [1.29, 1.82) is 5.26 Å². The number of hydrogen-bond acceptors (Lipinski definition) is 4. The van der Waals surface area contributed by atoms with Crippen molar-refractivity contribution >= 4 is 17.0 Å². The third-order valence-electron chi connectivity index (χ3n) is 3.04. The highest BCUT2D eigenvalue weighted by Gasteiger charge is 2.17. The van der Waals surface area contributed by atoms with Crippen molar-refractivity contribution in [3.05, 3.63) is 45.9 Å². The van der Waals surface area contributed by atoms with Crippen LogP contribution < -0.4 is 4.90 Å². The summed E-state index contributed by atoms with van der Waals surface area (Å²) in [5, 5.41) is 10.9. The number of hydrogen-bond donors (Lipinski definition) is 0. The Morgan fingerprint density at radius 2 is 2.29 bits per heavy atom. The van der Waals surface area contributed by atoms with E-state index >= 15 is 0 Å². The molecule has 1 aliphatic heterocycles. The SMILES string of the molecule is N#Cc1ccc(N2CCc3sccc3C2)cn1. The minimum absolute atomic E-state index is 0.474. The molecule has 0 saturated carbocycles. The van der Waals surface area contributed by atoms with Crippen LogP contribution in [0, 0.1) is 11.3 Å². The van der Waals surface area contributed by atoms with Gasteiger partial charge in [-0.15, -0.1) is 11.3 Å². The van der Waals surface area contributed by atoms with E-state index in [1.54, 1.807) is 12.3 Å². The van der Waals surface area contributed by atoms with Crippen molar-refractivity contribution in [2.24, 2.45) is 0 Å². The van der Waals surface area contributed by atoms with Gasteiger partial charge >= 0.3 is 0 Å². The first-order valence-electron chi connectivity index (χ1n) is 5.53. The Hall–Kier alpha value is -1.86. The molecule has 0 spiro atoms. The van der Waals surface area contributed by atoms with E-state index in [1.165, 1.54) is 10.4 Å². The number of fused-ring (bicyclic) bond motifs is 1. The standard InChI is InChI=1S/C13H11N3S/c14-7-11-1-2-12(8-15-11)16-5-3-13-10(9-16)4-6-17-13/h1-2,4,6,8H,3,5,9H2. The summed E-state index contributed by atoms with van der Waals surface area (Å²) in [5.41, 5.74) is 2.99. The molecule has 0 bridgehead atoms. The normalized spacial score (nSPS) is 14.2. The van der Waals surface area contributed by atoms with Gasteiger partial charge in [0.05, 0.1) is 11.9 Å². The molecular formula is C13H11N3S. The van der Waals surface area contributed by atoms with Gasteiger partial charge in [-0.05, 0) is 35.6 Å². The van der Waals surface area contributed by atoms with Gasteiger partial charge in [-0.3, -0.25) is 0 Å². The zero-order valence-corrected chi connectivity index (χ0v) is 10.1. The van der Waals surface area contributed by atoms with E-state index in [-0.39, 0.29) is 0 Å². The first-order chi connectivity index (χ1) is 8.36. The molecular weight excluding hydrogens is 230 g/mol. The van der Waals surface area contributed by atoms with E-state index in [9.17, 15) is 0 Å². The van der Waals surface area contributed by atoms with Crippen molar-refractivity contribution in [3.8, 4) is 6.07 Å². The van der Waals surface area contributed by atoms with Crippen LogP contribution >= 0.6 is 11.3 Å². The molecule has 2 aromatic rings. The van der Waals surface area contributed by atoms with Gasteiger partial charge in [0.15, 0.2) is 0 Å². The molecule has 4 heteroatoms. The predicted octanol–water partition coefficient (Wildman–Crippen LogP) is 2.58. The number of anilines is 1. The van der Waals surface area contributed by atoms with Crippen LogP contribution in [0.4, 0.5) is 5.69 Å². The second-order valence-corrected chi connectivity index (χ2v) is 5.05. The molecule has 0 fully saturated rings. The molecule has 0 amide bonds. The summed E-state index contributed by atoms with van der Waals surface area (Å²) in [6.45, 7) is 1.98. The summed E-state index contributed by atoms with van der Waals surface area (Å²) in [7, 11) is 0. The maximum absolute atomic E-state index is 8.72. The first kappa shape index (κ1) is 10.3. The lowest BCUT2D eigenvalue weighted by Gasteiger charge is -2.28. The number of thiophene rings is 1. The van der Waals surface area contributed by atoms with Gasteiger partial charge in [0.2, 0.25) is 0 Å². The van der Waals surface area contributed by atoms with E-state index in [0.717, 1.165) is 25.2 Å². The fraction of sp³-hybridized carbons (Fsp3) is 0.231. The lowest BCUT2D eigenvalue weighted by molar-refractivity contribution is 0.742. The van der Waals surface area contributed by atoms with Crippen molar-refractivity contribution in [2.75, 3.05) is 11.4 Å². The van der Waals surface area contributed by atoms with Gasteiger partial charge in [-0.25, -0.2) is 4.98 Å². The molecule has 0 unspecified atom stereocenters. The van der Waals surface area contributed by atoms with Crippen LogP contribution in [0.5, 0.6) is 0 Å². The average molecular weight is 241 g/mol. The van der Waals surface area contributed by atoms with Crippen molar-refractivity contribution in [2.45, 2.75) is 13.0 Å². The van der Waals surface area contributed by atoms with Gasteiger partial charge in [0.25, 0.3) is 0 Å². The maximum atomic E-state index is 8.72. The molecule has 0 N–H and O–H groups in total. The summed E-state index contributed by atoms with van der Waals surface area (Å²) >= 11 is 1.84. The molecule has 0 radical (unpaired) electrons. The van der Waals surface area contributed by atoms with Crippen LogP contribution in [-0.4, -0.2) is 11.5 Å². The summed E-state index contributed by atoms with van der Waals surface area (Å²) < 4.78 is 0. The number of pyridine rings is 1. The number of nitrogens with zero attached hydrogens (tertiary/aromatic N) is 3. The summed E-state index contributed by atoms with van der Waals surface area (Å²) in [4.78, 5) is 7.93. The number of rotatable bonds is 1. The summed E-state index contributed by atoms with van der Waals surface area (Å²) in [6.07, 6.45) is 2.89. The van der Waals surface area contributed by atoms with Gasteiger partial charge in [0.1, 0.15) is 11.8 Å². The topological polar surface area (TPSA) is 39.9 Å². The van der Waals surface area contributed by atoms with Crippen LogP contribution in [0.25, 0.3) is 0 Å². The molecule has 1 aliphatic rings. The Balaban J connectivity index is 1.84. The largest absolute Gasteiger partial charge is 0.366 e. The molecule has 3 rings (SSSR count). The van der Waals surface area contributed by atoms with E-state index in [1.807, 2.05) is 23.5 Å². The fourth-order valence-electron chi connectivity index (χ4n) is 2.11. The number of aromatic nitrogens is 1. The molecule has 0 atom stereocenters. The first-order valence-corrected chi connectivity index (χ1v) is 6.41. The average Bonchev–Trinajstić information content (AvgIpc) is 2.86. The number of nitriles is 1. The summed E-state index contributed by atoms with van der Waals surface area (Å²) in [5.74, 6) is 0. The van der Waals surface area contributed by atoms with Gasteiger partial charge < -0.3 is 4.90 Å². The van der Waals surface area contributed by atoms with Crippen LogP contribution in [0.1, 0.15) is 16.1 Å². The van der Waals surface area contributed by atoms with E-state index in [2.05, 4.69) is 21.3 Å². The second kappa shape index (κ2) is 4.19. The second-order valence-electron chi connectivity index (χ2n) is 4.05. The molecule has 17 heavy (non-hydrogen) atoms. The van der Waals surface area contributed by atoms with Crippen molar-refractivity contribution in [3.63, 3.8) is 0 Å². The Bertz CT molecular complexity index is 565. The molecule has 3 nitrogen and oxygen atoms in total. The van der Waals surface area contributed by atoms with E-state index < -0.39 is 0 Å². The molecule has 84 valence electrons. The highest BCUT2D eigenvalue weighted by atomic mass is 32.1. The van der Waals surface area contributed by atoms with Crippen LogP contribution in [-0.2, 0) is 13.0 Å². The van der Waals surface area contributed by atoms with Crippen molar-refractivity contribution in [1.82, 2.24) is 4.98 Å². The molecule has 2 aromatic heterocycles. The Morgan fingerprint density at radius 1 is 1.35 bits per heavy atom. The zero-order valence-electron chi connectivity index (χ0n) is 9.26. The Morgan fingerprint density at radius 3 is 3.06 bits per heavy atom. The Kier molecular flexibility index (Phi) is 2.54. The molecule has 0 saturated heterocycles. The smallest absolute Gasteiger partial charge is 0.140 e. The van der Waals surface area contributed by atoms with E-state index in [0.29, 0.717) is 5.69 Å². The Labute approximate surface area is 104 Å². The minimum atomic E-state index is 0.474. The highest BCUT2D eigenvalue weighted by molar-refractivity contribution is 7.10. The monoisotopic (exact) mass is 241 g/mol. The molecule has 0 aromatic carbocycles. The zero-order chi connectivity index (χ0) is 11.7.